The molecular weight excluding hydrogens is 267 g/mol. The van der Waals surface area contributed by atoms with Gasteiger partial charge >= 0.3 is 6.18 Å². The minimum absolute atomic E-state index is 0.0703. The zero-order valence-electron chi connectivity index (χ0n) is 10.5. The molecule has 6 heteroatoms. The Bertz CT molecular complexity index is 638. The average Bonchev–Trinajstić information content (AvgIpc) is 2.46. The van der Waals surface area contributed by atoms with E-state index in [0.29, 0.717) is 5.56 Å². The number of anilines is 1. The van der Waals surface area contributed by atoms with E-state index in [9.17, 15) is 13.2 Å². The van der Waals surface area contributed by atoms with Gasteiger partial charge in [-0.2, -0.15) is 13.2 Å². The molecule has 0 fully saturated rings. The van der Waals surface area contributed by atoms with Crippen LogP contribution in [0.1, 0.15) is 17.5 Å². The van der Waals surface area contributed by atoms with Gasteiger partial charge in [-0.3, -0.25) is 4.98 Å². The number of aromatic nitrogens is 2. The van der Waals surface area contributed by atoms with Crippen LogP contribution in [0.5, 0.6) is 0 Å². The molecule has 0 radical (unpaired) electrons. The van der Waals surface area contributed by atoms with E-state index in [2.05, 4.69) is 15.3 Å². The summed E-state index contributed by atoms with van der Waals surface area (Å²) in [5.74, 6) is 0.762. The van der Waals surface area contributed by atoms with E-state index >= 15 is 0 Å². The van der Waals surface area contributed by atoms with Crippen LogP contribution in [-0.2, 0) is 12.6 Å². The highest BCUT2D eigenvalue weighted by Gasteiger charge is 2.33. The van der Waals surface area contributed by atoms with Crippen molar-refractivity contribution in [2.24, 2.45) is 0 Å². The van der Waals surface area contributed by atoms with Gasteiger partial charge in [0.05, 0.1) is 5.56 Å². The summed E-state index contributed by atoms with van der Waals surface area (Å²) in [7, 11) is 0. The number of hydrogen-bond donors (Lipinski definition) is 1. The van der Waals surface area contributed by atoms with Crippen molar-refractivity contribution in [3.8, 4) is 11.1 Å². The monoisotopic (exact) mass is 279 g/mol. The molecule has 1 aliphatic rings. The second-order valence-corrected chi connectivity index (χ2v) is 4.68. The largest absolute Gasteiger partial charge is 0.417 e. The van der Waals surface area contributed by atoms with Crippen LogP contribution in [0.2, 0.25) is 0 Å². The lowest BCUT2D eigenvalue weighted by molar-refractivity contribution is -0.137. The topological polar surface area (TPSA) is 37.8 Å². The van der Waals surface area contributed by atoms with Crippen molar-refractivity contribution in [1.29, 1.82) is 0 Å². The van der Waals surface area contributed by atoms with E-state index in [0.717, 1.165) is 43.0 Å². The fourth-order valence-corrected chi connectivity index (χ4v) is 2.36. The Kier molecular flexibility index (Phi) is 3.08. The Morgan fingerprint density at radius 2 is 2.05 bits per heavy atom. The molecule has 0 unspecified atom stereocenters. The van der Waals surface area contributed by atoms with Crippen molar-refractivity contribution in [1.82, 2.24) is 9.97 Å². The Labute approximate surface area is 113 Å². The third kappa shape index (κ3) is 2.33. The third-order valence-corrected chi connectivity index (χ3v) is 3.32. The molecular formula is C14H12F3N3. The molecule has 104 valence electrons. The number of nitrogens with one attached hydrogen (secondary N) is 1. The van der Waals surface area contributed by atoms with Crippen molar-refractivity contribution in [3.05, 3.63) is 41.9 Å². The summed E-state index contributed by atoms with van der Waals surface area (Å²) < 4.78 is 39.0. The fraction of sp³-hybridized carbons (Fsp3) is 0.286. The van der Waals surface area contributed by atoms with Gasteiger partial charge in [-0.1, -0.05) is 0 Å². The fourth-order valence-electron chi connectivity index (χ4n) is 2.36. The van der Waals surface area contributed by atoms with E-state index < -0.39 is 11.7 Å². The molecule has 2 aromatic rings. The molecule has 0 saturated carbocycles. The average molecular weight is 279 g/mol. The SMILES string of the molecule is FC(F)(F)c1ccncc1-c1cnc2c(c1)CCCN2. The molecule has 0 bridgehead atoms. The maximum absolute atomic E-state index is 13.0. The van der Waals surface area contributed by atoms with Crippen LogP contribution in [0.15, 0.2) is 30.7 Å². The van der Waals surface area contributed by atoms with Crippen molar-refractivity contribution >= 4 is 5.82 Å². The van der Waals surface area contributed by atoms with E-state index in [1.807, 2.05) is 0 Å². The highest BCUT2D eigenvalue weighted by atomic mass is 19.4. The van der Waals surface area contributed by atoms with Gasteiger partial charge in [0.1, 0.15) is 5.82 Å². The highest BCUT2D eigenvalue weighted by molar-refractivity contribution is 5.69. The van der Waals surface area contributed by atoms with Crippen LogP contribution in [0.25, 0.3) is 11.1 Å². The first-order valence-electron chi connectivity index (χ1n) is 6.30. The van der Waals surface area contributed by atoms with E-state index in [1.165, 1.54) is 12.4 Å². The number of hydrogen-bond acceptors (Lipinski definition) is 3. The molecule has 1 N–H and O–H groups in total. The molecule has 0 saturated heterocycles. The number of nitrogens with zero attached hydrogens (tertiary/aromatic N) is 2. The van der Waals surface area contributed by atoms with Gasteiger partial charge in [0, 0.05) is 36.3 Å². The number of alkyl halides is 3. The summed E-state index contributed by atoms with van der Waals surface area (Å²) in [5, 5.41) is 3.14. The lowest BCUT2D eigenvalue weighted by Crippen LogP contribution is -2.13. The predicted octanol–water partition coefficient (Wildman–Crippen LogP) is 3.52. The number of rotatable bonds is 1. The third-order valence-electron chi connectivity index (χ3n) is 3.32. The van der Waals surface area contributed by atoms with Crippen molar-refractivity contribution in [3.63, 3.8) is 0 Å². The smallest absolute Gasteiger partial charge is 0.370 e. The van der Waals surface area contributed by atoms with Gasteiger partial charge < -0.3 is 5.32 Å². The van der Waals surface area contributed by atoms with Gasteiger partial charge in [-0.05, 0) is 30.5 Å². The molecule has 2 aromatic heterocycles. The van der Waals surface area contributed by atoms with Crippen molar-refractivity contribution in [2.45, 2.75) is 19.0 Å². The molecule has 0 aliphatic carbocycles. The summed E-state index contributed by atoms with van der Waals surface area (Å²) in [6.07, 6.45) is 1.24. The Balaban J connectivity index is 2.10. The number of fused-ring (bicyclic) bond motifs is 1. The van der Waals surface area contributed by atoms with Crippen LogP contribution in [-0.4, -0.2) is 16.5 Å². The van der Waals surface area contributed by atoms with Gasteiger partial charge in [-0.25, -0.2) is 4.98 Å². The van der Waals surface area contributed by atoms with Crippen LogP contribution in [0, 0.1) is 0 Å². The molecule has 0 aromatic carbocycles. The lowest BCUT2D eigenvalue weighted by atomic mass is 9.99. The first kappa shape index (κ1) is 12.9. The van der Waals surface area contributed by atoms with Gasteiger partial charge in [0.2, 0.25) is 0 Å². The second kappa shape index (κ2) is 4.77. The zero-order chi connectivity index (χ0) is 14.2. The van der Waals surface area contributed by atoms with Crippen LogP contribution < -0.4 is 5.32 Å². The Hall–Kier alpha value is -2.11. The van der Waals surface area contributed by atoms with Crippen LogP contribution >= 0.6 is 0 Å². The molecule has 0 atom stereocenters. The van der Waals surface area contributed by atoms with Gasteiger partial charge in [0.25, 0.3) is 0 Å². The molecule has 0 spiro atoms. The maximum atomic E-state index is 13.0. The summed E-state index contributed by atoms with van der Waals surface area (Å²) in [4.78, 5) is 8.02. The van der Waals surface area contributed by atoms with Gasteiger partial charge in [0.15, 0.2) is 0 Å². The zero-order valence-corrected chi connectivity index (χ0v) is 10.5. The standard InChI is InChI=1S/C14H12F3N3/c15-14(16,17)12-3-5-18-8-11(12)10-6-9-2-1-4-19-13(9)20-7-10/h3,5-8H,1-2,4H2,(H,19,20). The number of pyridine rings is 2. The number of halogens is 3. The molecule has 1 aliphatic heterocycles. The number of aryl methyl sites for hydroxylation is 1. The van der Waals surface area contributed by atoms with Crippen LogP contribution in [0.3, 0.4) is 0 Å². The maximum Gasteiger partial charge on any atom is 0.417 e. The van der Waals surface area contributed by atoms with E-state index in [-0.39, 0.29) is 5.56 Å². The normalized spacial score (nSPS) is 14.6. The lowest BCUT2D eigenvalue weighted by Gasteiger charge is -2.18. The van der Waals surface area contributed by atoms with E-state index in [4.69, 9.17) is 0 Å². The molecule has 3 nitrogen and oxygen atoms in total. The summed E-state index contributed by atoms with van der Waals surface area (Å²) in [5.41, 5.74) is 0.789. The molecule has 3 heterocycles. The summed E-state index contributed by atoms with van der Waals surface area (Å²) >= 11 is 0. The van der Waals surface area contributed by atoms with E-state index in [1.54, 1.807) is 6.07 Å². The van der Waals surface area contributed by atoms with Crippen LogP contribution in [0.4, 0.5) is 19.0 Å². The second-order valence-electron chi connectivity index (χ2n) is 4.68. The quantitative estimate of drug-likeness (QED) is 0.868. The Morgan fingerprint density at radius 1 is 1.20 bits per heavy atom. The predicted molar refractivity (Wildman–Crippen MR) is 69.3 cm³/mol. The van der Waals surface area contributed by atoms with Gasteiger partial charge in [-0.15, -0.1) is 0 Å². The summed E-state index contributed by atoms with van der Waals surface area (Å²) in [6.45, 7) is 0.847. The van der Waals surface area contributed by atoms with Crippen molar-refractivity contribution < 1.29 is 13.2 Å². The first-order chi connectivity index (χ1) is 9.55. The Morgan fingerprint density at radius 3 is 2.85 bits per heavy atom. The highest BCUT2D eigenvalue weighted by Crippen LogP contribution is 2.37. The molecule has 3 rings (SSSR count). The summed E-state index contributed by atoms with van der Waals surface area (Å²) in [6, 6.07) is 2.76. The first-order valence-corrected chi connectivity index (χ1v) is 6.30. The minimum Gasteiger partial charge on any atom is -0.370 e. The van der Waals surface area contributed by atoms with Crippen molar-refractivity contribution in [2.75, 3.05) is 11.9 Å². The molecule has 0 amide bonds. The molecule has 20 heavy (non-hydrogen) atoms. The minimum atomic E-state index is -4.40.